The van der Waals surface area contributed by atoms with Crippen LogP contribution in [0.3, 0.4) is 0 Å². The third kappa shape index (κ3) is 4.59. The van der Waals surface area contributed by atoms with Crippen LogP contribution in [0.25, 0.3) is 22.0 Å². The van der Waals surface area contributed by atoms with Crippen LogP contribution in [0.5, 0.6) is 5.75 Å². The molecule has 0 bridgehead atoms. The number of phenols is 1. The predicted octanol–water partition coefficient (Wildman–Crippen LogP) is 4.82. The average Bonchev–Trinajstić information content (AvgIpc) is 2.73. The summed E-state index contributed by atoms with van der Waals surface area (Å²) in [5, 5.41) is 22.3. The summed E-state index contributed by atoms with van der Waals surface area (Å²) < 4.78 is 33.6. The molecule has 1 fully saturated rings. The number of pyridine rings is 1. The zero-order valence-electron chi connectivity index (χ0n) is 16.6. The highest BCUT2D eigenvalue weighted by Gasteiger charge is 2.27. The molecule has 2 aromatic carbocycles. The molecule has 1 aromatic heterocycles. The zero-order valence-corrected chi connectivity index (χ0v) is 16.6. The number of hydrogen-bond acceptors (Lipinski definition) is 5. The molecule has 0 aliphatic carbocycles. The van der Waals surface area contributed by atoms with E-state index in [4.69, 9.17) is 9.84 Å². The Balaban J connectivity index is 1.97. The summed E-state index contributed by atoms with van der Waals surface area (Å²) in [4.78, 5) is 15.5. The monoisotopic (exact) mass is 428 g/mol. The number of hydrogen-bond donors (Lipinski definition) is 3. The maximum Gasteiger partial charge on any atom is 0.308 e. The number of nitrogens with one attached hydrogen (secondary N) is 1. The van der Waals surface area contributed by atoms with Crippen LogP contribution in [-0.2, 0) is 9.53 Å². The normalized spacial score (nSPS) is 15.7. The predicted molar refractivity (Wildman–Crippen MR) is 112 cm³/mol. The van der Waals surface area contributed by atoms with Crippen LogP contribution >= 0.6 is 0 Å². The molecule has 162 valence electrons. The molecule has 0 spiro atoms. The number of alkyl halides is 1. The highest BCUT2D eigenvalue weighted by atomic mass is 19.1. The molecule has 0 unspecified atom stereocenters. The summed E-state index contributed by atoms with van der Waals surface area (Å²) >= 11 is 0. The van der Waals surface area contributed by atoms with Crippen molar-refractivity contribution in [2.24, 2.45) is 0 Å². The first kappa shape index (κ1) is 21.0. The van der Waals surface area contributed by atoms with E-state index in [1.807, 2.05) is 0 Å². The fourth-order valence-corrected chi connectivity index (χ4v) is 4.04. The van der Waals surface area contributed by atoms with Crippen molar-refractivity contribution >= 4 is 22.7 Å². The maximum absolute atomic E-state index is 14.5. The van der Waals surface area contributed by atoms with E-state index in [-0.39, 0.29) is 23.3 Å². The minimum Gasteiger partial charge on any atom is -0.508 e. The van der Waals surface area contributed by atoms with Crippen LogP contribution in [0.4, 0.5) is 14.6 Å². The lowest BCUT2D eigenvalue weighted by molar-refractivity contribution is -0.138. The van der Waals surface area contributed by atoms with Crippen LogP contribution in [0, 0.1) is 5.82 Å². The van der Waals surface area contributed by atoms with Crippen molar-refractivity contribution in [3.05, 3.63) is 53.8 Å². The first-order valence-corrected chi connectivity index (χ1v) is 10.0. The number of aromatic hydroxyl groups is 1. The number of aromatic nitrogens is 1. The Labute approximate surface area is 177 Å². The number of nitrogens with zero attached hydrogens (tertiary/aromatic N) is 1. The van der Waals surface area contributed by atoms with Crippen molar-refractivity contribution in [1.82, 2.24) is 4.98 Å². The van der Waals surface area contributed by atoms with Gasteiger partial charge in [-0.1, -0.05) is 12.1 Å². The van der Waals surface area contributed by atoms with Gasteiger partial charge in [0.25, 0.3) is 0 Å². The maximum atomic E-state index is 14.5. The lowest BCUT2D eigenvalue weighted by atomic mass is 9.84. The van der Waals surface area contributed by atoms with E-state index in [9.17, 15) is 18.7 Å². The second-order valence-corrected chi connectivity index (χ2v) is 7.55. The number of carboxylic acids is 1. The van der Waals surface area contributed by atoms with Gasteiger partial charge >= 0.3 is 5.97 Å². The van der Waals surface area contributed by atoms with Crippen LogP contribution in [0.15, 0.2) is 42.5 Å². The molecule has 1 aliphatic heterocycles. The smallest absolute Gasteiger partial charge is 0.308 e. The summed E-state index contributed by atoms with van der Waals surface area (Å²) in [5.41, 5.74) is 2.63. The minimum absolute atomic E-state index is 0.00263. The largest absolute Gasteiger partial charge is 0.508 e. The molecule has 8 heteroatoms. The number of ether oxygens (including phenoxy) is 1. The van der Waals surface area contributed by atoms with Gasteiger partial charge in [-0.2, -0.15) is 0 Å². The summed E-state index contributed by atoms with van der Waals surface area (Å²) in [6.07, 6.45) is -1.20. The van der Waals surface area contributed by atoms with Crippen LogP contribution < -0.4 is 5.32 Å². The number of carbonyl (C=O) groups is 1. The lowest BCUT2D eigenvalue weighted by Crippen LogP contribution is -2.22. The zero-order chi connectivity index (χ0) is 22.0. The van der Waals surface area contributed by atoms with Crippen molar-refractivity contribution < 1.29 is 28.5 Å². The number of fused-ring (bicyclic) bond motifs is 1. The van der Waals surface area contributed by atoms with Gasteiger partial charge in [-0.3, -0.25) is 4.79 Å². The first-order chi connectivity index (χ1) is 14.9. The topological polar surface area (TPSA) is 91.7 Å². The molecule has 6 nitrogen and oxygen atoms in total. The van der Waals surface area contributed by atoms with Gasteiger partial charge in [0.1, 0.15) is 17.4 Å². The summed E-state index contributed by atoms with van der Waals surface area (Å²) in [7, 11) is 0. The van der Waals surface area contributed by atoms with Crippen LogP contribution in [0.1, 0.15) is 30.7 Å². The molecule has 0 radical (unpaired) electrons. The molecule has 0 amide bonds. The summed E-state index contributed by atoms with van der Waals surface area (Å²) in [5.74, 6) is -1.45. The number of benzene rings is 2. The van der Waals surface area contributed by atoms with E-state index < -0.39 is 18.7 Å². The molecular formula is C23H22F2N2O4. The van der Waals surface area contributed by atoms with E-state index in [0.29, 0.717) is 31.6 Å². The second kappa shape index (κ2) is 8.85. The quantitative estimate of drug-likeness (QED) is 0.488. The number of anilines is 1. The summed E-state index contributed by atoms with van der Waals surface area (Å²) in [6.45, 7) is 1.07. The van der Waals surface area contributed by atoms with Gasteiger partial charge in [0.2, 0.25) is 0 Å². The third-order valence-electron chi connectivity index (χ3n) is 5.42. The molecule has 1 aliphatic rings. The van der Waals surface area contributed by atoms with Crippen molar-refractivity contribution in [1.29, 1.82) is 0 Å². The Morgan fingerprint density at radius 3 is 2.58 bits per heavy atom. The molecule has 0 saturated carbocycles. The third-order valence-corrected chi connectivity index (χ3v) is 5.42. The summed E-state index contributed by atoms with van der Waals surface area (Å²) in [6, 6.07) is 10.7. The Morgan fingerprint density at radius 1 is 1.19 bits per heavy atom. The minimum atomic E-state index is -1.85. The molecular weight excluding hydrogens is 406 g/mol. The number of rotatable bonds is 6. The Kier molecular flexibility index (Phi) is 5.99. The highest BCUT2D eigenvalue weighted by Crippen LogP contribution is 2.43. The van der Waals surface area contributed by atoms with Crippen molar-refractivity contribution in [3.63, 3.8) is 0 Å². The Morgan fingerprint density at radius 2 is 1.90 bits per heavy atom. The number of carboxylic acid groups (broad SMARTS) is 1. The molecule has 3 aromatic rings. The van der Waals surface area contributed by atoms with E-state index >= 15 is 0 Å². The molecule has 31 heavy (non-hydrogen) atoms. The van der Waals surface area contributed by atoms with Gasteiger partial charge in [-0.05, 0) is 54.2 Å². The van der Waals surface area contributed by atoms with Gasteiger partial charge in [-0.25, -0.2) is 13.8 Å². The van der Waals surface area contributed by atoms with Gasteiger partial charge in [-0.15, -0.1) is 0 Å². The van der Waals surface area contributed by atoms with E-state index in [2.05, 4.69) is 10.3 Å². The Bertz CT molecular complexity index is 1100. The van der Waals surface area contributed by atoms with Gasteiger partial charge in [0.15, 0.2) is 6.30 Å². The average molecular weight is 428 g/mol. The first-order valence-electron chi connectivity index (χ1n) is 10.0. The molecule has 4 rings (SSSR count). The Hall–Kier alpha value is -3.26. The van der Waals surface area contributed by atoms with Crippen molar-refractivity contribution in [2.75, 3.05) is 18.5 Å². The molecule has 1 saturated heterocycles. The van der Waals surface area contributed by atoms with Gasteiger partial charge in [0.05, 0.1) is 11.9 Å². The van der Waals surface area contributed by atoms with Crippen molar-refractivity contribution in [3.8, 4) is 16.9 Å². The highest BCUT2D eigenvalue weighted by molar-refractivity contribution is 5.99. The van der Waals surface area contributed by atoms with Crippen molar-refractivity contribution in [2.45, 2.75) is 31.5 Å². The van der Waals surface area contributed by atoms with Crippen LogP contribution in [-0.4, -0.2) is 40.7 Å². The SMILES string of the molecule is O=C(O)C[C@@H](F)Nc1nc2cc(O)ccc2c(-c2ccc(F)cc2)c1C1CCOCC1. The standard InChI is InChI=1S/C23H22F2N2O4/c24-15-3-1-13(2-4-15)21-17-6-5-16(28)11-18(17)26-23(27-19(25)12-20(29)30)22(21)14-7-9-31-10-8-14/h1-6,11,14,19,28H,7-10,12H2,(H,26,27)(H,29,30)/t19-/m0/s1. The number of halogens is 2. The van der Waals surface area contributed by atoms with Crippen LogP contribution in [0.2, 0.25) is 0 Å². The fourth-order valence-electron chi connectivity index (χ4n) is 4.04. The fraction of sp³-hybridized carbons (Fsp3) is 0.304. The van der Waals surface area contributed by atoms with E-state index in [1.165, 1.54) is 18.2 Å². The second-order valence-electron chi connectivity index (χ2n) is 7.55. The molecule has 1 atom stereocenters. The molecule has 2 heterocycles. The lowest BCUT2D eigenvalue weighted by Gasteiger charge is -2.28. The van der Waals surface area contributed by atoms with Gasteiger partial charge in [0, 0.05) is 30.2 Å². The molecule has 3 N–H and O–H groups in total. The van der Waals surface area contributed by atoms with E-state index in [0.717, 1.165) is 22.1 Å². The number of aliphatic carboxylic acids is 1. The van der Waals surface area contributed by atoms with E-state index in [1.54, 1.807) is 24.3 Å². The van der Waals surface area contributed by atoms with Gasteiger partial charge < -0.3 is 20.3 Å². The number of phenolic OH excluding ortho intramolecular Hbond substituents is 1.